The zero-order chi connectivity index (χ0) is 13.1. The van der Waals surface area contributed by atoms with Crippen LogP contribution < -0.4 is 0 Å². The Labute approximate surface area is 114 Å². The van der Waals surface area contributed by atoms with Gasteiger partial charge >= 0.3 is 0 Å². The highest BCUT2D eigenvalue weighted by Crippen LogP contribution is 2.35. The summed E-state index contributed by atoms with van der Waals surface area (Å²) in [6.07, 6.45) is 13.1. The van der Waals surface area contributed by atoms with E-state index in [4.69, 9.17) is 0 Å². The lowest BCUT2D eigenvalue weighted by Crippen LogP contribution is -2.32. The van der Waals surface area contributed by atoms with Gasteiger partial charge in [-0.25, -0.2) is 4.98 Å². The minimum Gasteiger partial charge on any atom is -0.335 e. The summed E-state index contributed by atoms with van der Waals surface area (Å²) in [7, 11) is 0. The number of carbonyl (C=O) groups excluding carboxylic acids is 1. The summed E-state index contributed by atoms with van der Waals surface area (Å²) >= 11 is 0. The first-order valence-electron chi connectivity index (χ1n) is 7.64. The van der Waals surface area contributed by atoms with Gasteiger partial charge in [0.2, 0.25) is 5.91 Å². The van der Waals surface area contributed by atoms with Crippen LogP contribution >= 0.6 is 0 Å². The zero-order valence-corrected chi connectivity index (χ0v) is 11.6. The van der Waals surface area contributed by atoms with Crippen molar-refractivity contribution in [2.75, 3.05) is 6.54 Å². The van der Waals surface area contributed by atoms with Crippen LogP contribution in [0.5, 0.6) is 0 Å². The van der Waals surface area contributed by atoms with Crippen molar-refractivity contribution in [1.82, 2.24) is 14.5 Å². The molecule has 0 spiro atoms. The molecule has 0 radical (unpaired) electrons. The topological polar surface area (TPSA) is 38.1 Å². The highest BCUT2D eigenvalue weighted by atomic mass is 16.2. The third-order valence-corrected chi connectivity index (χ3v) is 4.19. The van der Waals surface area contributed by atoms with Gasteiger partial charge in [-0.15, -0.1) is 0 Å². The van der Waals surface area contributed by atoms with E-state index in [1.54, 1.807) is 0 Å². The largest absolute Gasteiger partial charge is 0.335 e. The highest BCUT2D eigenvalue weighted by Gasteiger charge is 2.26. The number of hydrogen-bond donors (Lipinski definition) is 0. The Balaban J connectivity index is 1.68. The van der Waals surface area contributed by atoms with E-state index < -0.39 is 0 Å². The molecule has 1 aliphatic heterocycles. The average Bonchev–Trinajstić information content (AvgIpc) is 3.13. The van der Waals surface area contributed by atoms with E-state index in [1.807, 2.05) is 11.1 Å². The highest BCUT2D eigenvalue weighted by molar-refractivity contribution is 5.76. The predicted octanol–water partition coefficient (Wildman–Crippen LogP) is 2.90. The molecular formula is C15H23N3O. The second kappa shape index (κ2) is 5.76. The summed E-state index contributed by atoms with van der Waals surface area (Å²) in [6, 6.07) is 0.644. The average molecular weight is 261 g/mol. The molecule has 1 saturated heterocycles. The standard InChI is InChI=1S/C15H23N3O/c19-15-6-4-2-1-3-5-10-17(15)12-14-16-9-11-18(14)13-7-8-13/h9,11,13H,1-8,10,12H2. The number of imidazole rings is 1. The van der Waals surface area contributed by atoms with E-state index in [-0.39, 0.29) is 0 Å². The first-order valence-corrected chi connectivity index (χ1v) is 7.64. The van der Waals surface area contributed by atoms with Crippen LogP contribution in [0.25, 0.3) is 0 Å². The number of nitrogens with zero attached hydrogens (tertiary/aromatic N) is 3. The third-order valence-electron chi connectivity index (χ3n) is 4.19. The summed E-state index contributed by atoms with van der Waals surface area (Å²) in [5.74, 6) is 1.38. The molecule has 104 valence electrons. The maximum Gasteiger partial charge on any atom is 0.222 e. The van der Waals surface area contributed by atoms with Crippen LogP contribution in [0.15, 0.2) is 12.4 Å². The first kappa shape index (κ1) is 12.7. The molecule has 1 amide bonds. The van der Waals surface area contributed by atoms with Crippen LogP contribution in [0.4, 0.5) is 0 Å². The SMILES string of the molecule is O=C1CCCCCCCN1Cc1nccn1C1CC1. The molecule has 2 heterocycles. The summed E-state index contributed by atoms with van der Waals surface area (Å²) < 4.78 is 2.26. The lowest BCUT2D eigenvalue weighted by Gasteiger charge is -2.22. The second-order valence-electron chi connectivity index (χ2n) is 5.81. The molecule has 3 rings (SSSR count). The van der Waals surface area contributed by atoms with Crippen molar-refractivity contribution in [3.8, 4) is 0 Å². The summed E-state index contributed by atoms with van der Waals surface area (Å²) in [5.41, 5.74) is 0. The van der Waals surface area contributed by atoms with E-state index in [2.05, 4.69) is 15.7 Å². The van der Waals surface area contributed by atoms with Crippen molar-refractivity contribution in [2.45, 2.75) is 64.0 Å². The fourth-order valence-corrected chi connectivity index (χ4v) is 2.88. The number of carbonyl (C=O) groups is 1. The van der Waals surface area contributed by atoms with Crippen molar-refractivity contribution in [2.24, 2.45) is 0 Å². The Hall–Kier alpha value is -1.32. The molecule has 19 heavy (non-hydrogen) atoms. The van der Waals surface area contributed by atoms with Crippen LogP contribution in [0, 0.1) is 0 Å². The van der Waals surface area contributed by atoms with Crippen LogP contribution in [0.2, 0.25) is 0 Å². The summed E-state index contributed by atoms with van der Waals surface area (Å²) in [5, 5.41) is 0. The van der Waals surface area contributed by atoms with Gasteiger partial charge in [0, 0.05) is 31.4 Å². The Morgan fingerprint density at radius 3 is 2.79 bits per heavy atom. The van der Waals surface area contributed by atoms with Crippen LogP contribution in [-0.2, 0) is 11.3 Å². The predicted molar refractivity (Wildman–Crippen MR) is 73.6 cm³/mol. The Morgan fingerprint density at radius 2 is 1.95 bits per heavy atom. The maximum absolute atomic E-state index is 12.2. The van der Waals surface area contributed by atoms with Gasteiger partial charge < -0.3 is 9.47 Å². The van der Waals surface area contributed by atoms with Crippen molar-refractivity contribution in [1.29, 1.82) is 0 Å². The fourth-order valence-electron chi connectivity index (χ4n) is 2.88. The number of hydrogen-bond acceptors (Lipinski definition) is 2. The van der Waals surface area contributed by atoms with Gasteiger partial charge in [0.1, 0.15) is 5.82 Å². The monoisotopic (exact) mass is 261 g/mol. The second-order valence-corrected chi connectivity index (χ2v) is 5.81. The summed E-state index contributed by atoms with van der Waals surface area (Å²) in [6.45, 7) is 1.60. The molecule has 1 aromatic rings. The van der Waals surface area contributed by atoms with Gasteiger partial charge in [-0.05, 0) is 25.7 Å². The van der Waals surface area contributed by atoms with Gasteiger partial charge in [0.25, 0.3) is 0 Å². The van der Waals surface area contributed by atoms with Crippen LogP contribution in [0.3, 0.4) is 0 Å². The smallest absolute Gasteiger partial charge is 0.222 e. The molecule has 0 N–H and O–H groups in total. The van der Waals surface area contributed by atoms with Crippen LogP contribution in [0.1, 0.15) is 63.2 Å². The Kier molecular flexibility index (Phi) is 3.85. The molecule has 1 aliphatic carbocycles. The normalized spacial score (nSPS) is 21.9. The molecule has 0 unspecified atom stereocenters. The molecule has 1 saturated carbocycles. The zero-order valence-electron chi connectivity index (χ0n) is 11.6. The van der Waals surface area contributed by atoms with E-state index in [0.717, 1.165) is 25.2 Å². The van der Waals surface area contributed by atoms with Gasteiger partial charge in [-0.2, -0.15) is 0 Å². The van der Waals surface area contributed by atoms with E-state index in [0.29, 0.717) is 24.9 Å². The molecule has 0 bridgehead atoms. The quantitative estimate of drug-likeness (QED) is 0.839. The maximum atomic E-state index is 12.2. The van der Waals surface area contributed by atoms with Crippen molar-refractivity contribution in [3.63, 3.8) is 0 Å². The fraction of sp³-hybridized carbons (Fsp3) is 0.733. The summed E-state index contributed by atoms with van der Waals surface area (Å²) in [4.78, 5) is 18.7. The lowest BCUT2D eigenvalue weighted by atomic mass is 10.1. The molecule has 1 aromatic heterocycles. The Morgan fingerprint density at radius 1 is 1.16 bits per heavy atom. The van der Waals surface area contributed by atoms with Gasteiger partial charge in [-0.3, -0.25) is 4.79 Å². The lowest BCUT2D eigenvalue weighted by molar-refractivity contribution is -0.132. The van der Waals surface area contributed by atoms with E-state index in [9.17, 15) is 4.79 Å². The van der Waals surface area contributed by atoms with Gasteiger partial charge in [0.15, 0.2) is 0 Å². The van der Waals surface area contributed by atoms with Gasteiger partial charge in [-0.1, -0.05) is 19.3 Å². The van der Waals surface area contributed by atoms with E-state index in [1.165, 1.54) is 32.1 Å². The van der Waals surface area contributed by atoms with E-state index >= 15 is 0 Å². The third kappa shape index (κ3) is 3.17. The first-order chi connectivity index (χ1) is 9.34. The molecule has 2 fully saturated rings. The van der Waals surface area contributed by atoms with Gasteiger partial charge in [0.05, 0.1) is 6.54 Å². The van der Waals surface area contributed by atoms with Crippen molar-refractivity contribution < 1.29 is 4.79 Å². The van der Waals surface area contributed by atoms with Crippen molar-refractivity contribution >= 4 is 5.91 Å². The molecule has 0 atom stereocenters. The molecule has 2 aliphatic rings. The molecular weight excluding hydrogens is 238 g/mol. The Bertz CT molecular complexity index is 436. The minimum absolute atomic E-state index is 0.312. The molecule has 0 aromatic carbocycles. The minimum atomic E-state index is 0.312. The number of rotatable bonds is 3. The van der Waals surface area contributed by atoms with Crippen molar-refractivity contribution in [3.05, 3.63) is 18.2 Å². The molecule has 4 heteroatoms. The number of amides is 1. The number of aromatic nitrogens is 2. The molecule has 4 nitrogen and oxygen atoms in total. The van der Waals surface area contributed by atoms with Crippen LogP contribution in [-0.4, -0.2) is 26.9 Å².